The van der Waals surface area contributed by atoms with E-state index in [1.165, 1.54) is 22.2 Å². The minimum absolute atomic E-state index is 0.133. The summed E-state index contributed by atoms with van der Waals surface area (Å²) >= 11 is 1.31. The van der Waals surface area contributed by atoms with Crippen molar-refractivity contribution in [2.45, 2.75) is 20.3 Å². The number of hydrogen-bond acceptors (Lipinski definition) is 6. The molecule has 0 bridgehead atoms. The highest BCUT2D eigenvalue weighted by atomic mass is 32.2. The van der Waals surface area contributed by atoms with Crippen LogP contribution in [0.3, 0.4) is 0 Å². The van der Waals surface area contributed by atoms with E-state index < -0.39 is 0 Å². The van der Waals surface area contributed by atoms with Crippen LogP contribution in [0, 0.1) is 0 Å². The largest absolute Gasteiger partial charge is 0.462 e. The van der Waals surface area contributed by atoms with E-state index in [0.717, 1.165) is 17.7 Å². The Hall–Kier alpha value is -3.58. The average molecular weight is 461 g/mol. The van der Waals surface area contributed by atoms with Crippen LogP contribution >= 0.6 is 11.8 Å². The number of furan rings is 1. The summed E-state index contributed by atoms with van der Waals surface area (Å²) in [6, 6.07) is 18.7. The van der Waals surface area contributed by atoms with Crippen molar-refractivity contribution in [2.24, 2.45) is 4.99 Å². The standard InChI is InChI=1S/C26H24N2O4S/c1-4-17-9-11-20(12-10-17)27-26-28(3)24(29)23(33-26)16-21-13-14-22(32-21)18-7-6-8-19(15-18)25(30)31-5-2/h6-16H,4-5H2,1-3H3/b23-16+,27-26?. The zero-order valence-corrected chi connectivity index (χ0v) is 19.5. The SMILES string of the molecule is CCOC(=O)c1cccc(-c2ccc(/C=C3/SC(=Nc4ccc(CC)cc4)N(C)C3=O)o2)c1. The van der Waals surface area contributed by atoms with Crippen molar-refractivity contribution in [2.75, 3.05) is 13.7 Å². The number of amidine groups is 1. The molecule has 168 valence electrons. The first-order chi connectivity index (χ1) is 16.0. The Morgan fingerprint density at radius 1 is 1.12 bits per heavy atom. The van der Waals surface area contributed by atoms with Gasteiger partial charge in [0, 0.05) is 18.7 Å². The maximum Gasteiger partial charge on any atom is 0.338 e. The Bertz CT molecular complexity index is 1240. The van der Waals surface area contributed by atoms with E-state index >= 15 is 0 Å². The number of aryl methyl sites for hydroxylation is 1. The second kappa shape index (κ2) is 9.92. The quantitative estimate of drug-likeness (QED) is 0.337. The first-order valence-electron chi connectivity index (χ1n) is 10.7. The molecular weight excluding hydrogens is 436 g/mol. The van der Waals surface area contributed by atoms with Crippen molar-refractivity contribution < 1.29 is 18.7 Å². The lowest BCUT2D eigenvalue weighted by molar-refractivity contribution is -0.121. The topological polar surface area (TPSA) is 72.1 Å². The first-order valence-corrected chi connectivity index (χ1v) is 11.5. The Morgan fingerprint density at radius 2 is 1.91 bits per heavy atom. The molecule has 7 heteroatoms. The molecule has 0 atom stereocenters. The van der Waals surface area contributed by atoms with E-state index in [4.69, 9.17) is 9.15 Å². The highest BCUT2D eigenvalue weighted by Gasteiger charge is 2.30. The highest BCUT2D eigenvalue weighted by Crippen LogP contribution is 2.34. The molecule has 2 heterocycles. The van der Waals surface area contributed by atoms with Gasteiger partial charge in [0.15, 0.2) is 5.17 Å². The molecule has 6 nitrogen and oxygen atoms in total. The summed E-state index contributed by atoms with van der Waals surface area (Å²) in [5.41, 5.74) is 3.26. The lowest BCUT2D eigenvalue weighted by Gasteiger charge is -2.07. The van der Waals surface area contributed by atoms with Crippen molar-refractivity contribution in [1.29, 1.82) is 0 Å². The number of nitrogens with zero attached hydrogens (tertiary/aromatic N) is 2. The maximum absolute atomic E-state index is 12.7. The predicted octanol–water partition coefficient (Wildman–Crippen LogP) is 5.92. The first kappa shape index (κ1) is 22.6. The molecule has 0 unspecified atom stereocenters. The van der Waals surface area contributed by atoms with Crippen molar-refractivity contribution in [3.05, 3.63) is 82.5 Å². The highest BCUT2D eigenvalue weighted by molar-refractivity contribution is 8.18. The van der Waals surface area contributed by atoms with E-state index in [-0.39, 0.29) is 11.9 Å². The van der Waals surface area contributed by atoms with Crippen LogP contribution in [-0.2, 0) is 16.0 Å². The van der Waals surface area contributed by atoms with Crippen LogP contribution in [0.15, 0.2) is 75.0 Å². The Labute approximate surface area is 197 Å². The molecule has 0 aliphatic carbocycles. The van der Waals surface area contributed by atoms with E-state index in [1.54, 1.807) is 44.3 Å². The summed E-state index contributed by atoms with van der Waals surface area (Å²) in [7, 11) is 1.71. The summed E-state index contributed by atoms with van der Waals surface area (Å²) in [4.78, 5) is 31.4. The Balaban J connectivity index is 1.54. The normalized spacial score (nSPS) is 16.1. The van der Waals surface area contributed by atoms with Gasteiger partial charge >= 0.3 is 5.97 Å². The van der Waals surface area contributed by atoms with Gasteiger partial charge in [-0.15, -0.1) is 0 Å². The fraction of sp³-hybridized carbons (Fsp3) is 0.192. The number of carbonyl (C=O) groups excluding carboxylic acids is 2. The van der Waals surface area contributed by atoms with Crippen molar-refractivity contribution in [3.63, 3.8) is 0 Å². The van der Waals surface area contributed by atoms with Gasteiger partial charge in [-0.25, -0.2) is 9.79 Å². The Kier molecular flexibility index (Phi) is 6.79. The molecule has 1 amide bonds. The molecule has 33 heavy (non-hydrogen) atoms. The zero-order valence-electron chi connectivity index (χ0n) is 18.7. The fourth-order valence-corrected chi connectivity index (χ4v) is 4.26. The smallest absolute Gasteiger partial charge is 0.338 e. The lowest BCUT2D eigenvalue weighted by atomic mass is 10.1. The van der Waals surface area contributed by atoms with Crippen LogP contribution < -0.4 is 0 Å². The van der Waals surface area contributed by atoms with Gasteiger partial charge in [0.2, 0.25) is 0 Å². The number of likely N-dealkylation sites (N-methyl/N-ethyl adjacent to an activating group) is 1. The predicted molar refractivity (Wildman–Crippen MR) is 131 cm³/mol. The molecule has 1 aromatic heterocycles. The number of hydrogen-bond donors (Lipinski definition) is 0. The third kappa shape index (κ3) is 5.09. The van der Waals surface area contributed by atoms with Crippen LogP contribution in [0.1, 0.15) is 35.5 Å². The number of rotatable bonds is 6. The van der Waals surface area contributed by atoms with E-state index in [9.17, 15) is 9.59 Å². The number of esters is 1. The van der Waals surface area contributed by atoms with Gasteiger partial charge in [0.25, 0.3) is 5.91 Å². The molecule has 1 aliphatic heterocycles. The number of thioether (sulfide) groups is 1. The molecule has 1 saturated heterocycles. The van der Waals surface area contributed by atoms with Gasteiger partial charge in [0.05, 0.1) is 22.8 Å². The number of amides is 1. The molecule has 1 fully saturated rings. The van der Waals surface area contributed by atoms with Crippen molar-refractivity contribution >= 4 is 40.6 Å². The number of aliphatic imine (C=N–C) groups is 1. The van der Waals surface area contributed by atoms with Crippen molar-refractivity contribution in [3.8, 4) is 11.3 Å². The molecule has 2 aromatic carbocycles. The molecule has 1 aliphatic rings. The average Bonchev–Trinajstić information content (AvgIpc) is 3.41. The lowest BCUT2D eigenvalue weighted by Crippen LogP contribution is -2.23. The number of ether oxygens (including phenoxy) is 1. The number of benzene rings is 2. The number of carbonyl (C=O) groups is 2. The van der Waals surface area contributed by atoms with E-state index in [2.05, 4.69) is 11.9 Å². The molecule has 0 N–H and O–H groups in total. The zero-order chi connectivity index (χ0) is 23.4. The Morgan fingerprint density at radius 3 is 2.64 bits per heavy atom. The summed E-state index contributed by atoms with van der Waals surface area (Å²) in [6.45, 7) is 4.19. The van der Waals surface area contributed by atoms with Crippen LogP contribution in [0.4, 0.5) is 5.69 Å². The van der Waals surface area contributed by atoms with Gasteiger partial charge in [-0.05, 0) is 67.1 Å². The monoisotopic (exact) mass is 460 g/mol. The van der Waals surface area contributed by atoms with E-state index in [1.807, 2.05) is 36.4 Å². The van der Waals surface area contributed by atoms with Crippen molar-refractivity contribution in [1.82, 2.24) is 4.90 Å². The van der Waals surface area contributed by atoms with Crippen LogP contribution in [-0.4, -0.2) is 35.6 Å². The van der Waals surface area contributed by atoms with Crippen LogP contribution in [0.5, 0.6) is 0 Å². The van der Waals surface area contributed by atoms with Gasteiger partial charge in [0.1, 0.15) is 11.5 Å². The summed E-state index contributed by atoms with van der Waals surface area (Å²) < 4.78 is 11.0. The van der Waals surface area contributed by atoms with Gasteiger partial charge in [-0.3, -0.25) is 9.69 Å². The van der Waals surface area contributed by atoms with Gasteiger partial charge < -0.3 is 9.15 Å². The second-order valence-electron chi connectivity index (χ2n) is 7.39. The summed E-state index contributed by atoms with van der Waals surface area (Å²) in [5.74, 6) is 0.637. The minimum Gasteiger partial charge on any atom is -0.462 e. The molecular formula is C26H24N2O4S. The maximum atomic E-state index is 12.7. The second-order valence-corrected chi connectivity index (χ2v) is 8.40. The third-order valence-electron chi connectivity index (χ3n) is 5.13. The molecule has 4 rings (SSSR count). The molecule has 0 radical (unpaired) electrons. The summed E-state index contributed by atoms with van der Waals surface area (Å²) in [5, 5.41) is 0.615. The van der Waals surface area contributed by atoms with Gasteiger partial charge in [-0.2, -0.15) is 0 Å². The molecule has 0 spiro atoms. The third-order valence-corrected chi connectivity index (χ3v) is 6.19. The van der Waals surface area contributed by atoms with Crippen LogP contribution in [0.2, 0.25) is 0 Å². The van der Waals surface area contributed by atoms with Gasteiger partial charge in [-0.1, -0.05) is 31.2 Å². The fourth-order valence-electron chi connectivity index (χ4n) is 3.30. The van der Waals surface area contributed by atoms with E-state index in [0.29, 0.717) is 33.8 Å². The summed E-state index contributed by atoms with van der Waals surface area (Å²) in [6.07, 6.45) is 2.68. The molecule has 0 saturated carbocycles. The minimum atomic E-state index is -0.375. The van der Waals surface area contributed by atoms with Crippen LogP contribution in [0.25, 0.3) is 17.4 Å². The molecule has 3 aromatic rings.